The summed E-state index contributed by atoms with van der Waals surface area (Å²) in [6, 6.07) is 0. The van der Waals surface area contributed by atoms with Gasteiger partial charge in [0.25, 0.3) is 0 Å². The number of hydrogen-bond acceptors (Lipinski definition) is 12. The smallest absolute Gasteiger partial charge is 0.462 e. The number of phosphoric acid groups is 1. The number of carbonyl (C=O) groups is 2. The first kappa shape index (κ1) is 59.9. The molecular weight excluding hydrogens is 802 g/mol. The van der Waals surface area contributed by atoms with Crippen molar-refractivity contribution in [2.75, 3.05) is 13.2 Å². The van der Waals surface area contributed by atoms with Crippen molar-refractivity contribution >= 4 is 19.8 Å². The van der Waals surface area contributed by atoms with Crippen LogP contribution < -0.4 is 29.6 Å². The van der Waals surface area contributed by atoms with Crippen LogP contribution in [-0.2, 0) is 32.7 Å². The molecule has 60 heavy (non-hydrogen) atoms. The summed E-state index contributed by atoms with van der Waals surface area (Å²) >= 11 is 0. The van der Waals surface area contributed by atoms with E-state index in [1.807, 2.05) is 0 Å². The number of ether oxygens (including phenoxy) is 2. The summed E-state index contributed by atoms with van der Waals surface area (Å²) in [7, 11) is -5.11. The second-order valence-corrected chi connectivity index (χ2v) is 18.4. The molecule has 13 nitrogen and oxygen atoms in total. The zero-order valence-electron chi connectivity index (χ0n) is 38.1. The Morgan fingerprint density at radius 1 is 0.467 bits per heavy atom. The molecule has 0 bridgehead atoms. The molecule has 1 aliphatic rings. The number of aliphatic hydroxyl groups is 5. The molecule has 0 spiro atoms. The number of unbranched alkanes of at least 4 members (excludes halogenated alkanes) is 28. The van der Waals surface area contributed by atoms with Crippen LogP contribution in [0.15, 0.2) is 0 Å². The van der Waals surface area contributed by atoms with E-state index in [-0.39, 0.29) is 42.4 Å². The maximum absolute atomic E-state index is 12.8. The van der Waals surface area contributed by atoms with Crippen LogP contribution in [0.5, 0.6) is 0 Å². The summed E-state index contributed by atoms with van der Waals surface area (Å²) in [5.74, 6) is -1.08. The van der Waals surface area contributed by atoms with Crippen molar-refractivity contribution in [2.24, 2.45) is 0 Å². The number of aliphatic hydroxyl groups excluding tert-OH is 5. The molecule has 1 rings (SSSR count). The minimum absolute atomic E-state index is 0. The van der Waals surface area contributed by atoms with Crippen LogP contribution in [0.1, 0.15) is 219 Å². The van der Waals surface area contributed by atoms with Crippen molar-refractivity contribution in [3.63, 3.8) is 0 Å². The normalized spacial score (nSPS) is 21.9. The Balaban J connectivity index is 0.0000348. The maximum atomic E-state index is 12.8. The van der Waals surface area contributed by atoms with E-state index in [0.29, 0.717) is 12.8 Å². The average Bonchev–Trinajstić information content (AvgIpc) is 3.21. The first-order valence-corrected chi connectivity index (χ1v) is 25.3. The molecule has 1 fully saturated rings. The monoisotopic (exact) mass is 890 g/mol. The molecule has 0 radical (unpaired) electrons. The fourth-order valence-electron chi connectivity index (χ4n) is 7.58. The zero-order chi connectivity index (χ0) is 43.6. The van der Waals surface area contributed by atoms with Gasteiger partial charge >= 0.3 is 49.3 Å². The fourth-order valence-corrected chi connectivity index (χ4v) is 8.56. The van der Waals surface area contributed by atoms with Crippen molar-refractivity contribution in [3.05, 3.63) is 0 Å². The minimum Gasteiger partial charge on any atom is -0.462 e. The van der Waals surface area contributed by atoms with Gasteiger partial charge in [0.2, 0.25) is 0 Å². The summed E-state index contributed by atoms with van der Waals surface area (Å²) in [6.45, 7) is 3.33. The van der Waals surface area contributed by atoms with E-state index in [0.717, 1.165) is 38.5 Å². The van der Waals surface area contributed by atoms with Gasteiger partial charge in [-0.15, -0.1) is 0 Å². The molecule has 0 aliphatic heterocycles. The second kappa shape index (κ2) is 39.2. The molecule has 350 valence electrons. The van der Waals surface area contributed by atoms with Gasteiger partial charge < -0.3 is 39.9 Å². The molecule has 0 aromatic rings. The van der Waals surface area contributed by atoms with Gasteiger partial charge in [-0.05, 0) is 12.8 Å². The van der Waals surface area contributed by atoms with Gasteiger partial charge in [0, 0.05) is 12.8 Å². The third-order valence-electron chi connectivity index (χ3n) is 11.4. The third kappa shape index (κ3) is 30.8. The molecule has 0 aromatic carbocycles. The molecule has 0 heterocycles. The van der Waals surface area contributed by atoms with Crippen LogP contribution in [0.3, 0.4) is 0 Å². The summed E-state index contributed by atoms with van der Waals surface area (Å²) in [5.41, 5.74) is 0. The minimum atomic E-state index is -5.11. The SMILES string of the molecule is CCCCCCCCCCCCCCCCCC(=O)OC[C@H](COP(=O)(O)OC1[C@H](O)[C@H](O)C(O)[C@H](O)[C@H]1O)OC(=O)CCCCCCCCCCCCCCCCC.[Na+]. The molecule has 1 aliphatic carbocycles. The van der Waals surface area contributed by atoms with Crippen LogP contribution in [-0.4, -0.2) is 98.3 Å². The summed E-state index contributed by atoms with van der Waals surface area (Å²) < 4.78 is 33.6. The van der Waals surface area contributed by atoms with E-state index in [1.165, 1.54) is 141 Å². The van der Waals surface area contributed by atoms with E-state index in [2.05, 4.69) is 13.8 Å². The quantitative estimate of drug-likeness (QED) is 0.0173. The van der Waals surface area contributed by atoms with Gasteiger partial charge in [-0.25, -0.2) is 4.57 Å². The Hall–Kier alpha value is -0.150. The van der Waals surface area contributed by atoms with Gasteiger partial charge in [0.1, 0.15) is 43.2 Å². The number of carbonyl (C=O) groups excluding carboxylic acids is 2. The molecule has 1 saturated carbocycles. The number of esters is 2. The maximum Gasteiger partial charge on any atom is 1.00 e. The van der Waals surface area contributed by atoms with Crippen molar-refractivity contribution in [1.29, 1.82) is 0 Å². The number of hydrogen-bond donors (Lipinski definition) is 6. The van der Waals surface area contributed by atoms with E-state index in [1.54, 1.807) is 0 Å². The predicted molar refractivity (Wildman–Crippen MR) is 231 cm³/mol. The summed E-state index contributed by atoms with van der Waals surface area (Å²) in [5, 5.41) is 50.1. The van der Waals surface area contributed by atoms with Crippen LogP contribution in [0.25, 0.3) is 0 Å². The Kier molecular flexibility index (Phi) is 39.1. The fraction of sp³-hybridized carbons (Fsp3) is 0.956. The Morgan fingerprint density at radius 3 is 1.12 bits per heavy atom. The molecule has 0 saturated heterocycles. The van der Waals surface area contributed by atoms with Crippen molar-refractivity contribution < 1.29 is 92.7 Å². The largest absolute Gasteiger partial charge is 1.00 e. The molecule has 6 N–H and O–H groups in total. The van der Waals surface area contributed by atoms with E-state index in [9.17, 15) is 44.6 Å². The predicted octanol–water partition coefficient (Wildman–Crippen LogP) is 6.29. The van der Waals surface area contributed by atoms with Gasteiger partial charge in [0.15, 0.2) is 6.10 Å². The van der Waals surface area contributed by atoms with Crippen LogP contribution in [0.2, 0.25) is 0 Å². The average molecular weight is 890 g/mol. The van der Waals surface area contributed by atoms with E-state index >= 15 is 0 Å². The van der Waals surface area contributed by atoms with Gasteiger partial charge in [-0.1, -0.05) is 194 Å². The molecule has 0 amide bonds. The van der Waals surface area contributed by atoms with Crippen LogP contribution >= 0.6 is 7.82 Å². The topological polar surface area (TPSA) is 210 Å². The molecule has 8 atom stereocenters. The van der Waals surface area contributed by atoms with Crippen molar-refractivity contribution in [2.45, 2.75) is 262 Å². The Bertz CT molecular complexity index is 1060. The number of phosphoric ester groups is 1. The Labute approximate surface area is 385 Å². The first-order valence-electron chi connectivity index (χ1n) is 23.8. The van der Waals surface area contributed by atoms with Crippen LogP contribution in [0, 0.1) is 0 Å². The van der Waals surface area contributed by atoms with Crippen LogP contribution in [0.4, 0.5) is 0 Å². The van der Waals surface area contributed by atoms with Gasteiger partial charge in [-0.3, -0.25) is 18.6 Å². The number of rotatable bonds is 40. The first-order chi connectivity index (χ1) is 28.4. The molecular formula is C45H87NaO13P+. The molecule has 3 unspecified atom stereocenters. The Morgan fingerprint density at radius 2 is 0.767 bits per heavy atom. The van der Waals surface area contributed by atoms with Crippen molar-refractivity contribution in [3.8, 4) is 0 Å². The third-order valence-corrected chi connectivity index (χ3v) is 12.4. The van der Waals surface area contributed by atoms with E-state index in [4.69, 9.17) is 18.5 Å². The van der Waals surface area contributed by atoms with Gasteiger partial charge in [0.05, 0.1) is 6.61 Å². The summed E-state index contributed by atoms with van der Waals surface area (Å²) in [6.07, 6.45) is 22.9. The van der Waals surface area contributed by atoms with Crippen molar-refractivity contribution in [1.82, 2.24) is 0 Å². The summed E-state index contributed by atoms with van der Waals surface area (Å²) in [4.78, 5) is 35.7. The standard InChI is InChI=1S/C45H87O13P.Na/c1-3-5-7-9-11-13-15-17-19-21-23-25-27-29-31-33-38(46)55-35-37(36-56-59(53,54)58-45-43(51)41(49)40(48)42(50)44(45)52)57-39(47)34-32-30-28-26-24-22-20-18-16-14-12-10-8-6-4-2;/h37,40-45,48-52H,3-36H2,1-2H3,(H,53,54);/q;+1/t37-,40?,41-,42+,43-,44-,45?;/m1./s1. The van der Waals surface area contributed by atoms with E-state index < -0.39 is 75.7 Å². The molecule has 0 aromatic heterocycles. The van der Waals surface area contributed by atoms with Gasteiger partial charge in [-0.2, -0.15) is 0 Å². The second-order valence-electron chi connectivity index (χ2n) is 17.0. The zero-order valence-corrected chi connectivity index (χ0v) is 41.0. The molecule has 15 heteroatoms.